The SMILES string of the molecule is CC1=NOC2CCc3ccccc3C12. The highest BCUT2D eigenvalue weighted by Crippen LogP contribution is 2.37. The molecule has 3 rings (SSSR count). The Hall–Kier alpha value is -1.31. The Labute approximate surface area is 83.6 Å². The molecular weight excluding hydrogens is 174 g/mol. The van der Waals surface area contributed by atoms with Crippen LogP contribution in [0, 0.1) is 0 Å². The molecule has 1 aromatic carbocycles. The lowest BCUT2D eigenvalue weighted by atomic mass is 9.79. The van der Waals surface area contributed by atoms with Crippen LogP contribution in [0.5, 0.6) is 0 Å². The first-order chi connectivity index (χ1) is 6.86. The van der Waals surface area contributed by atoms with Gasteiger partial charge < -0.3 is 4.84 Å². The van der Waals surface area contributed by atoms with E-state index in [2.05, 4.69) is 36.3 Å². The molecule has 0 radical (unpaired) electrons. The van der Waals surface area contributed by atoms with Crippen molar-refractivity contribution < 1.29 is 4.84 Å². The predicted molar refractivity (Wildman–Crippen MR) is 55.5 cm³/mol. The van der Waals surface area contributed by atoms with Gasteiger partial charge in [-0.3, -0.25) is 0 Å². The summed E-state index contributed by atoms with van der Waals surface area (Å²) in [5.41, 5.74) is 4.01. The van der Waals surface area contributed by atoms with Crippen LogP contribution in [0.4, 0.5) is 0 Å². The Morgan fingerprint density at radius 2 is 2.21 bits per heavy atom. The summed E-state index contributed by atoms with van der Waals surface area (Å²) in [6.45, 7) is 2.06. The smallest absolute Gasteiger partial charge is 0.140 e. The average molecular weight is 187 g/mol. The number of oxime groups is 1. The lowest BCUT2D eigenvalue weighted by Gasteiger charge is -2.26. The van der Waals surface area contributed by atoms with Gasteiger partial charge in [-0.2, -0.15) is 0 Å². The molecule has 0 bridgehead atoms. The topological polar surface area (TPSA) is 21.6 Å². The monoisotopic (exact) mass is 187 g/mol. The summed E-state index contributed by atoms with van der Waals surface area (Å²) in [6.07, 6.45) is 2.52. The van der Waals surface area contributed by atoms with E-state index in [1.54, 1.807) is 0 Å². The minimum Gasteiger partial charge on any atom is -0.391 e. The third kappa shape index (κ3) is 0.999. The van der Waals surface area contributed by atoms with Crippen molar-refractivity contribution >= 4 is 5.71 Å². The first-order valence-electron chi connectivity index (χ1n) is 5.14. The van der Waals surface area contributed by atoms with Gasteiger partial charge in [0.1, 0.15) is 6.10 Å². The summed E-state index contributed by atoms with van der Waals surface area (Å²) >= 11 is 0. The van der Waals surface area contributed by atoms with Gasteiger partial charge in [-0.05, 0) is 30.9 Å². The molecular formula is C12H13NO. The minimum atomic E-state index is 0.296. The molecule has 2 nitrogen and oxygen atoms in total. The van der Waals surface area contributed by atoms with Crippen molar-refractivity contribution in [2.24, 2.45) is 5.16 Å². The van der Waals surface area contributed by atoms with Gasteiger partial charge in [-0.1, -0.05) is 29.4 Å². The van der Waals surface area contributed by atoms with Gasteiger partial charge in [0.15, 0.2) is 0 Å². The molecule has 1 aliphatic carbocycles. The highest BCUT2D eigenvalue weighted by molar-refractivity contribution is 5.90. The van der Waals surface area contributed by atoms with Crippen molar-refractivity contribution in [2.45, 2.75) is 31.8 Å². The third-order valence-electron chi connectivity index (χ3n) is 3.24. The molecule has 1 heterocycles. The van der Waals surface area contributed by atoms with E-state index in [9.17, 15) is 0 Å². The zero-order valence-corrected chi connectivity index (χ0v) is 8.23. The Morgan fingerprint density at radius 1 is 1.36 bits per heavy atom. The fraction of sp³-hybridized carbons (Fsp3) is 0.417. The number of hydrogen-bond acceptors (Lipinski definition) is 2. The summed E-state index contributed by atoms with van der Waals surface area (Å²) < 4.78 is 0. The highest BCUT2D eigenvalue weighted by Gasteiger charge is 2.36. The van der Waals surface area contributed by atoms with Crippen LogP contribution in [0.15, 0.2) is 29.4 Å². The molecule has 0 spiro atoms. The predicted octanol–water partition coefficient (Wildman–Crippen LogP) is 2.49. The van der Waals surface area contributed by atoms with Gasteiger partial charge in [-0.25, -0.2) is 0 Å². The van der Waals surface area contributed by atoms with E-state index in [0.29, 0.717) is 12.0 Å². The zero-order valence-electron chi connectivity index (χ0n) is 8.23. The van der Waals surface area contributed by atoms with Gasteiger partial charge in [0.05, 0.1) is 11.6 Å². The summed E-state index contributed by atoms with van der Waals surface area (Å²) in [6, 6.07) is 8.64. The standard InChI is InChI=1S/C12H13NO/c1-8-12-10-5-3-2-4-9(10)6-7-11(12)14-13-8/h2-5,11-12H,6-7H2,1H3. The largest absolute Gasteiger partial charge is 0.391 e. The molecule has 1 aromatic rings. The number of aryl methyl sites for hydroxylation is 1. The van der Waals surface area contributed by atoms with Gasteiger partial charge in [-0.15, -0.1) is 0 Å². The van der Waals surface area contributed by atoms with Crippen molar-refractivity contribution in [1.82, 2.24) is 0 Å². The number of rotatable bonds is 0. The molecule has 0 aromatic heterocycles. The van der Waals surface area contributed by atoms with Gasteiger partial charge in [0, 0.05) is 0 Å². The fourth-order valence-electron chi connectivity index (χ4n) is 2.55. The molecule has 0 fully saturated rings. The van der Waals surface area contributed by atoms with E-state index in [1.807, 2.05) is 0 Å². The Balaban J connectivity index is 2.11. The van der Waals surface area contributed by atoms with Crippen LogP contribution < -0.4 is 0 Å². The maximum absolute atomic E-state index is 5.41. The van der Waals surface area contributed by atoms with Crippen molar-refractivity contribution in [3.63, 3.8) is 0 Å². The van der Waals surface area contributed by atoms with E-state index in [-0.39, 0.29) is 0 Å². The Kier molecular flexibility index (Phi) is 1.63. The van der Waals surface area contributed by atoms with Crippen LogP contribution in [0.25, 0.3) is 0 Å². The lowest BCUT2D eigenvalue weighted by Crippen LogP contribution is -2.26. The molecule has 1 aliphatic heterocycles. The van der Waals surface area contributed by atoms with Gasteiger partial charge >= 0.3 is 0 Å². The molecule has 2 heteroatoms. The van der Waals surface area contributed by atoms with E-state index in [4.69, 9.17) is 4.84 Å². The van der Waals surface area contributed by atoms with Gasteiger partial charge in [0.2, 0.25) is 0 Å². The molecule has 2 unspecified atom stereocenters. The van der Waals surface area contributed by atoms with E-state index in [1.165, 1.54) is 11.1 Å². The van der Waals surface area contributed by atoms with Crippen LogP contribution in [0.1, 0.15) is 30.4 Å². The molecule has 2 atom stereocenters. The van der Waals surface area contributed by atoms with Crippen molar-refractivity contribution in [1.29, 1.82) is 0 Å². The maximum atomic E-state index is 5.41. The zero-order chi connectivity index (χ0) is 9.54. The molecule has 2 aliphatic rings. The lowest BCUT2D eigenvalue weighted by molar-refractivity contribution is 0.0663. The second kappa shape index (κ2) is 2.84. The van der Waals surface area contributed by atoms with Crippen LogP contribution in [0.2, 0.25) is 0 Å². The van der Waals surface area contributed by atoms with Crippen LogP contribution in [-0.4, -0.2) is 11.8 Å². The first kappa shape index (κ1) is 8.04. The number of benzene rings is 1. The fourth-order valence-corrected chi connectivity index (χ4v) is 2.55. The average Bonchev–Trinajstić information content (AvgIpc) is 2.61. The molecule has 14 heavy (non-hydrogen) atoms. The molecule has 0 saturated heterocycles. The second-order valence-corrected chi connectivity index (χ2v) is 4.09. The highest BCUT2D eigenvalue weighted by atomic mass is 16.6. The molecule has 0 amide bonds. The van der Waals surface area contributed by atoms with Crippen LogP contribution in [-0.2, 0) is 11.3 Å². The first-order valence-corrected chi connectivity index (χ1v) is 5.14. The molecule has 0 N–H and O–H groups in total. The normalized spacial score (nSPS) is 28.8. The van der Waals surface area contributed by atoms with Gasteiger partial charge in [0.25, 0.3) is 0 Å². The number of hydrogen-bond donors (Lipinski definition) is 0. The number of fused-ring (bicyclic) bond motifs is 3. The number of nitrogens with zero attached hydrogens (tertiary/aromatic N) is 1. The van der Waals surface area contributed by atoms with Crippen molar-refractivity contribution in [2.75, 3.05) is 0 Å². The van der Waals surface area contributed by atoms with E-state index < -0.39 is 0 Å². The third-order valence-corrected chi connectivity index (χ3v) is 3.24. The minimum absolute atomic E-state index is 0.296. The molecule has 0 saturated carbocycles. The summed E-state index contributed by atoms with van der Waals surface area (Å²) in [5.74, 6) is 0.417. The van der Waals surface area contributed by atoms with E-state index in [0.717, 1.165) is 18.6 Å². The van der Waals surface area contributed by atoms with Crippen LogP contribution >= 0.6 is 0 Å². The maximum Gasteiger partial charge on any atom is 0.140 e. The second-order valence-electron chi connectivity index (χ2n) is 4.09. The quantitative estimate of drug-likeness (QED) is 0.611. The summed E-state index contributed by atoms with van der Waals surface area (Å²) in [5, 5.41) is 4.10. The summed E-state index contributed by atoms with van der Waals surface area (Å²) in [4.78, 5) is 5.41. The molecule has 72 valence electrons. The summed E-state index contributed by atoms with van der Waals surface area (Å²) in [7, 11) is 0. The van der Waals surface area contributed by atoms with Crippen molar-refractivity contribution in [3.05, 3.63) is 35.4 Å². The van der Waals surface area contributed by atoms with E-state index >= 15 is 0 Å². The Morgan fingerprint density at radius 3 is 3.14 bits per heavy atom. The Bertz CT molecular complexity index is 397. The van der Waals surface area contributed by atoms with Crippen molar-refractivity contribution in [3.8, 4) is 0 Å². The van der Waals surface area contributed by atoms with Crippen LogP contribution in [0.3, 0.4) is 0 Å².